The summed E-state index contributed by atoms with van der Waals surface area (Å²) in [5.41, 5.74) is 0. The molecule has 0 saturated carbocycles. The van der Waals surface area contributed by atoms with Gasteiger partial charge in [0.15, 0.2) is 0 Å². The van der Waals surface area contributed by atoms with E-state index in [4.69, 9.17) is 4.42 Å². The molecule has 22 heavy (non-hydrogen) atoms. The highest BCUT2D eigenvalue weighted by Crippen LogP contribution is 2.26. The van der Waals surface area contributed by atoms with Crippen LogP contribution in [0.25, 0.3) is 0 Å². The summed E-state index contributed by atoms with van der Waals surface area (Å²) >= 11 is 0. The van der Waals surface area contributed by atoms with Gasteiger partial charge in [0.25, 0.3) is 0 Å². The quantitative estimate of drug-likeness (QED) is 0.886. The SMILES string of the molecule is O[C@@H](C[C@@H]1CCCCCN1CCn1cncn1)c1ccco1. The molecule has 0 radical (unpaired) electrons. The Balaban J connectivity index is 1.60. The highest BCUT2D eigenvalue weighted by molar-refractivity contribution is 5.02. The number of hydrogen-bond acceptors (Lipinski definition) is 5. The van der Waals surface area contributed by atoms with E-state index in [0.717, 1.165) is 32.5 Å². The zero-order valence-corrected chi connectivity index (χ0v) is 12.8. The minimum Gasteiger partial charge on any atom is -0.467 e. The molecule has 0 amide bonds. The number of hydrogen-bond donors (Lipinski definition) is 1. The fourth-order valence-electron chi connectivity index (χ4n) is 3.23. The van der Waals surface area contributed by atoms with E-state index < -0.39 is 6.10 Å². The van der Waals surface area contributed by atoms with Crippen LogP contribution in [0.1, 0.15) is 44.0 Å². The molecule has 6 heteroatoms. The van der Waals surface area contributed by atoms with Crippen molar-refractivity contribution in [3.8, 4) is 0 Å². The van der Waals surface area contributed by atoms with Gasteiger partial charge >= 0.3 is 0 Å². The summed E-state index contributed by atoms with van der Waals surface area (Å²) in [5, 5.41) is 14.5. The first kappa shape index (κ1) is 15.2. The number of aliphatic hydroxyl groups excluding tert-OH is 1. The van der Waals surface area contributed by atoms with E-state index in [1.807, 2.05) is 16.8 Å². The van der Waals surface area contributed by atoms with Crippen molar-refractivity contribution in [2.75, 3.05) is 13.1 Å². The number of aliphatic hydroxyl groups is 1. The molecule has 1 saturated heterocycles. The molecule has 3 heterocycles. The van der Waals surface area contributed by atoms with E-state index in [9.17, 15) is 5.11 Å². The van der Waals surface area contributed by atoms with Crippen molar-refractivity contribution >= 4 is 0 Å². The molecule has 0 bridgehead atoms. The molecule has 0 spiro atoms. The summed E-state index contributed by atoms with van der Waals surface area (Å²) in [6, 6.07) is 4.07. The van der Waals surface area contributed by atoms with Crippen LogP contribution in [0, 0.1) is 0 Å². The maximum Gasteiger partial charge on any atom is 0.137 e. The van der Waals surface area contributed by atoms with Crippen LogP contribution in [0.2, 0.25) is 0 Å². The number of nitrogens with zero attached hydrogens (tertiary/aromatic N) is 4. The summed E-state index contributed by atoms with van der Waals surface area (Å²) < 4.78 is 7.20. The third kappa shape index (κ3) is 3.96. The van der Waals surface area contributed by atoms with Gasteiger partial charge in [-0.05, 0) is 37.9 Å². The molecule has 1 N–H and O–H groups in total. The van der Waals surface area contributed by atoms with Crippen molar-refractivity contribution in [2.45, 2.75) is 50.8 Å². The average molecular weight is 304 g/mol. The molecule has 2 atom stereocenters. The highest BCUT2D eigenvalue weighted by Gasteiger charge is 2.25. The van der Waals surface area contributed by atoms with Gasteiger partial charge in [0, 0.05) is 12.6 Å². The Morgan fingerprint density at radius 1 is 1.32 bits per heavy atom. The minimum atomic E-state index is -0.521. The van der Waals surface area contributed by atoms with Crippen LogP contribution in [-0.2, 0) is 6.54 Å². The van der Waals surface area contributed by atoms with Crippen LogP contribution >= 0.6 is 0 Å². The van der Waals surface area contributed by atoms with Gasteiger partial charge < -0.3 is 9.52 Å². The third-order valence-corrected chi connectivity index (χ3v) is 4.45. The summed E-state index contributed by atoms with van der Waals surface area (Å²) in [6.45, 7) is 2.87. The molecule has 2 aromatic rings. The monoisotopic (exact) mass is 304 g/mol. The van der Waals surface area contributed by atoms with Gasteiger partial charge in [0.1, 0.15) is 24.5 Å². The molecule has 0 aromatic carbocycles. The lowest BCUT2D eigenvalue weighted by molar-refractivity contribution is 0.0842. The van der Waals surface area contributed by atoms with E-state index in [1.165, 1.54) is 19.3 Å². The fraction of sp³-hybridized carbons (Fsp3) is 0.625. The highest BCUT2D eigenvalue weighted by atomic mass is 16.4. The lowest BCUT2D eigenvalue weighted by Gasteiger charge is -2.31. The molecule has 1 aliphatic heterocycles. The Morgan fingerprint density at radius 2 is 2.27 bits per heavy atom. The molecule has 120 valence electrons. The largest absolute Gasteiger partial charge is 0.467 e. The molecule has 6 nitrogen and oxygen atoms in total. The maximum atomic E-state index is 10.4. The molecule has 1 fully saturated rings. The van der Waals surface area contributed by atoms with Crippen molar-refractivity contribution in [3.63, 3.8) is 0 Å². The molecular formula is C16H24N4O2. The van der Waals surface area contributed by atoms with Crippen LogP contribution in [0.15, 0.2) is 35.5 Å². The fourth-order valence-corrected chi connectivity index (χ4v) is 3.23. The summed E-state index contributed by atoms with van der Waals surface area (Å²) in [6.07, 6.45) is 10.0. The average Bonchev–Trinajstić information content (AvgIpc) is 3.18. The first-order chi connectivity index (χ1) is 10.8. The van der Waals surface area contributed by atoms with Gasteiger partial charge in [-0.3, -0.25) is 9.58 Å². The van der Waals surface area contributed by atoms with E-state index in [0.29, 0.717) is 11.8 Å². The first-order valence-electron chi connectivity index (χ1n) is 8.11. The second-order valence-corrected chi connectivity index (χ2v) is 5.96. The Kier molecular flexibility index (Phi) is 5.24. The Bertz CT molecular complexity index is 526. The molecule has 3 rings (SSSR count). The molecule has 0 aliphatic carbocycles. The topological polar surface area (TPSA) is 67.3 Å². The van der Waals surface area contributed by atoms with Gasteiger partial charge in [-0.15, -0.1) is 0 Å². The second kappa shape index (κ2) is 7.56. The Labute approximate surface area is 130 Å². The van der Waals surface area contributed by atoms with Gasteiger partial charge in [0.2, 0.25) is 0 Å². The number of rotatable bonds is 6. The van der Waals surface area contributed by atoms with E-state index in [2.05, 4.69) is 15.0 Å². The summed E-state index contributed by atoms with van der Waals surface area (Å²) in [7, 11) is 0. The lowest BCUT2D eigenvalue weighted by Crippen LogP contribution is -2.38. The minimum absolute atomic E-state index is 0.395. The van der Waals surface area contributed by atoms with Gasteiger partial charge in [0.05, 0.1) is 12.8 Å². The lowest BCUT2D eigenvalue weighted by atomic mass is 10.0. The first-order valence-corrected chi connectivity index (χ1v) is 8.11. The Hall–Kier alpha value is -1.66. The zero-order valence-electron chi connectivity index (χ0n) is 12.8. The van der Waals surface area contributed by atoms with E-state index in [-0.39, 0.29) is 0 Å². The van der Waals surface area contributed by atoms with Crippen LogP contribution in [-0.4, -0.2) is 43.9 Å². The summed E-state index contributed by atoms with van der Waals surface area (Å²) in [5.74, 6) is 0.667. The van der Waals surface area contributed by atoms with Gasteiger partial charge in [-0.1, -0.05) is 12.8 Å². The number of likely N-dealkylation sites (tertiary alicyclic amines) is 1. The Morgan fingerprint density at radius 3 is 3.05 bits per heavy atom. The van der Waals surface area contributed by atoms with Crippen molar-refractivity contribution in [1.82, 2.24) is 19.7 Å². The van der Waals surface area contributed by atoms with Crippen LogP contribution in [0.4, 0.5) is 0 Å². The van der Waals surface area contributed by atoms with Crippen molar-refractivity contribution in [2.24, 2.45) is 0 Å². The normalized spacial score (nSPS) is 21.6. The standard InChI is InChI=1S/C16H24N4O2/c21-15(16-6-4-10-22-16)11-14-5-2-1-3-7-19(14)8-9-20-13-17-12-18-20/h4,6,10,12-15,21H,1-3,5,7-9,11H2/t14-,15-/m0/s1. The second-order valence-electron chi connectivity index (χ2n) is 5.96. The van der Waals surface area contributed by atoms with Gasteiger partial charge in [-0.25, -0.2) is 4.98 Å². The van der Waals surface area contributed by atoms with Crippen molar-refractivity contribution in [3.05, 3.63) is 36.8 Å². The third-order valence-electron chi connectivity index (χ3n) is 4.45. The zero-order chi connectivity index (χ0) is 15.2. The van der Waals surface area contributed by atoms with E-state index >= 15 is 0 Å². The summed E-state index contributed by atoms with van der Waals surface area (Å²) in [4.78, 5) is 6.47. The number of aromatic nitrogens is 3. The van der Waals surface area contributed by atoms with Crippen LogP contribution < -0.4 is 0 Å². The molecule has 0 unspecified atom stereocenters. The number of furan rings is 1. The van der Waals surface area contributed by atoms with Crippen LogP contribution in [0.3, 0.4) is 0 Å². The predicted molar refractivity (Wildman–Crippen MR) is 82.1 cm³/mol. The smallest absolute Gasteiger partial charge is 0.137 e. The molecule has 2 aromatic heterocycles. The van der Waals surface area contributed by atoms with Crippen molar-refractivity contribution < 1.29 is 9.52 Å². The molecular weight excluding hydrogens is 280 g/mol. The van der Waals surface area contributed by atoms with Crippen LogP contribution in [0.5, 0.6) is 0 Å². The van der Waals surface area contributed by atoms with E-state index in [1.54, 1.807) is 18.9 Å². The molecule has 1 aliphatic rings. The predicted octanol–water partition coefficient (Wildman–Crippen LogP) is 2.24. The van der Waals surface area contributed by atoms with Gasteiger partial charge in [-0.2, -0.15) is 5.10 Å². The maximum absolute atomic E-state index is 10.4. The van der Waals surface area contributed by atoms with Crippen molar-refractivity contribution in [1.29, 1.82) is 0 Å².